The van der Waals surface area contributed by atoms with E-state index in [2.05, 4.69) is 21.2 Å². The van der Waals surface area contributed by atoms with E-state index in [0.29, 0.717) is 0 Å². The normalized spacial score (nSPS) is 23.4. The van der Waals surface area contributed by atoms with Gasteiger partial charge in [0, 0.05) is 16.6 Å². The molecule has 1 heterocycles. The van der Waals surface area contributed by atoms with Crippen LogP contribution in [0.5, 0.6) is 5.75 Å². The lowest BCUT2D eigenvalue weighted by Gasteiger charge is -2.33. The summed E-state index contributed by atoms with van der Waals surface area (Å²) in [6.07, 6.45) is 6.18. The molecule has 3 nitrogen and oxygen atoms in total. The van der Waals surface area contributed by atoms with Crippen LogP contribution in [0.15, 0.2) is 12.1 Å². The van der Waals surface area contributed by atoms with E-state index in [-0.39, 0.29) is 11.3 Å². The Hall–Kier alpha value is -1.03. The number of alkyl halides is 1. The molecule has 1 aliphatic heterocycles. The standard InChI is InChI=1S/C16H20BrNO2/c1-20-13-7-6-12-14-11(13)5-4-9-16(14,15(19)18-12)8-2-3-10-17/h6-7H,2-5,8-10H2,1H3,(H,18,19). The molecule has 0 fully saturated rings. The molecule has 1 aromatic carbocycles. The van der Waals surface area contributed by atoms with Crippen molar-refractivity contribution in [1.82, 2.24) is 0 Å². The molecule has 3 rings (SSSR count). The first-order valence-electron chi connectivity index (χ1n) is 7.31. The van der Waals surface area contributed by atoms with Gasteiger partial charge in [-0.1, -0.05) is 22.4 Å². The van der Waals surface area contributed by atoms with Crippen molar-refractivity contribution in [3.05, 3.63) is 23.3 Å². The first-order chi connectivity index (χ1) is 9.73. The fourth-order valence-electron chi connectivity index (χ4n) is 3.76. The maximum atomic E-state index is 12.6. The van der Waals surface area contributed by atoms with E-state index in [1.54, 1.807) is 7.11 Å². The van der Waals surface area contributed by atoms with E-state index in [1.807, 2.05) is 12.1 Å². The van der Waals surface area contributed by atoms with Crippen molar-refractivity contribution in [1.29, 1.82) is 0 Å². The van der Waals surface area contributed by atoms with E-state index in [4.69, 9.17) is 4.74 Å². The highest BCUT2D eigenvalue weighted by molar-refractivity contribution is 9.09. The number of amides is 1. The first-order valence-corrected chi connectivity index (χ1v) is 8.43. The number of benzene rings is 1. The van der Waals surface area contributed by atoms with Crippen LogP contribution >= 0.6 is 15.9 Å². The summed E-state index contributed by atoms with van der Waals surface area (Å²) in [5, 5.41) is 4.09. The number of methoxy groups -OCH3 is 1. The van der Waals surface area contributed by atoms with E-state index >= 15 is 0 Å². The molecular weight excluding hydrogens is 318 g/mol. The zero-order valence-corrected chi connectivity index (χ0v) is 13.4. The molecule has 0 aromatic heterocycles. The second-order valence-corrected chi connectivity index (χ2v) is 6.50. The zero-order chi connectivity index (χ0) is 14.2. The van der Waals surface area contributed by atoms with Gasteiger partial charge in [-0.2, -0.15) is 0 Å². The van der Waals surface area contributed by atoms with Gasteiger partial charge in [-0.25, -0.2) is 0 Å². The Balaban J connectivity index is 2.06. The summed E-state index contributed by atoms with van der Waals surface area (Å²) >= 11 is 3.48. The van der Waals surface area contributed by atoms with E-state index in [1.165, 1.54) is 11.1 Å². The Labute approximate surface area is 128 Å². The molecule has 1 aromatic rings. The molecule has 0 radical (unpaired) electrons. The summed E-state index contributed by atoms with van der Waals surface area (Å²) in [6.45, 7) is 0. The number of unbranched alkanes of at least 4 members (excludes halogenated alkanes) is 1. The van der Waals surface area contributed by atoms with Crippen LogP contribution in [0.3, 0.4) is 0 Å². The predicted octanol–water partition coefficient (Wildman–Crippen LogP) is 3.79. The smallest absolute Gasteiger partial charge is 0.235 e. The average molecular weight is 338 g/mol. The minimum Gasteiger partial charge on any atom is -0.496 e. The second kappa shape index (κ2) is 5.40. The predicted molar refractivity (Wildman–Crippen MR) is 83.9 cm³/mol. The van der Waals surface area contributed by atoms with Crippen LogP contribution < -0.4 is 10.1 Å². The van der Waals surface area contributed by atoms with Gasteiger partial charge in [0.25, 0.3) is 0 Å². The molecule has 108 valence electrons. The zero-order valence-electron chi connectivity index (χ0n) is 11.8. The van der Waals surface area contributed by atoms with E-state index < -0.39 is 0 Å². The number of hydrogen-bond donors (Lipinski definition) is 1. The van der Waals surface area contributed by atoms with Gasteiger partial charge in [0.05, 0.1) is 12.5 Å². The third-order valence-corrected chi connectivity index (χ3v) is 5.23. The van der Waals surface area contributed by atoms with E-state index in [9.17, 15) is 4.79 Å². The molecule has 0 spiro atoms. The number of carbonyl (C=O) groups is 1. The Bertz CT molecular complexity index is 544. The third-order valence-electron chi connectivity index (χ3n) is 4.67. The molecule has 1 amide bonds. The third kappa shape index (κ3) is 1.96. The number of ether oxygens (including phenoxy) is 1. The Morgan fingerprint density at radius 3 is 3.00 bits per heavy atom. The van der Waals surface area contributed by atoms with Gasteiger partial charge in [0.2, 0.25) is 5.91 Å². The van der Waals surface area contributed by atoms with Crippen molar-refractivity contribution in [2.75, 3.05) is 17.8 Å². The number of hydrogen-bond acceptors (Lipinski definition) is 2. The fraction of sp³-hybridized carbons (Fsp3) is 0.562. The van der Waals surface area contributed by atoms with Gasteiger partial charge < -0.3 is 10.1 Å². The van der Waals surface area contributed by atoms with Gasteiger partial charge in [-0.05, 0) is 49.8 Å². The lowest BCUT2D eigenvalue weighted by atomic mass is 9.68. The van der Waals surface area contributed by atoms with Crippen LogP contribution in [0.1, 0.15) is 43.2 Å². The lowest BCUT2D eigenvalue weighted by molar-refractivity contribution is -0.121. The first kappa shape index (κ1) is 13.9. The van der Waals surface area contributed by atoms with Crippen molar-refractivity contribution >= 4 is 27.5 Å². The van der Waals surface area contributed by atoms with Gasteiger partial charge in [-0.15, -0.1) is 0 Å². The summed E-state index contributed by atoms with van der Waals surface area (Å²) in [4.78, 5) is 12.6. The molecule has 1 atom stereocenters. The molecule has 0 saturated carbocycles. The average Bonchev–Trinajstić information content (AvgIpc) is 2.75. The highest BCUT2D eigenvalue weighted by atomic mass is 79.9. The molecule has 1 aliphatic carbocycles. The van der Waals surface area contributed by atoms with Gasteiger partial charge in [0.1, 0.15) is 5.75 Å². The number of rotatable bonds is 5. The minimum atomic E-state index is -0.306. The highest BCUT2D eigenvalue weighted by Gasteiger charge is 2.49. The fourth-order valence-corrected chi connectivity index (χ4v) is 4.16. The number of carbonyl (C=O) groups excluding carboxylic acids is 1. The number of nitrogens with one attached hydrogen (secondary N) is 1. The molecule has 1 unspecified atom stereocenters. The van der Waals surface area contributed by atoms with Crippen LogP contribution in [-0.2, 0) is 16.6 Å². The maximum absolute atomic E-state index is 12.6. The molecule has 0 saturated heterocycles. The molecular formula is C16H20BrNO2. The Morgan fingerprint density at radius 2 is 2.25 bits per heavy atom. The Kier molecular flexibility index (Phi) is 3.76. The van der Waals surface area contributed by atoms with Crippen LogP contribution in [0.25, 0.3) is 0 Å². The van der Waals surface area contributed by atoms with Crippen LogP contribution in [0, 0.1) is 0 Å². The number of anilines is 1. The summed E-state index contributed by atoms with van der Waals surface area (Å²) in [5.74, 6) is 1.13. The van der Waals surface area contributed by atoms with Crippen molar-refractivity contribution in [2.45, 2.75) is 43.9 Å². The minimum absolute atomic E-state index is 0.191. The lowest BCUT2D eigenvalue weighted by Crippen LogP contribution is -2.37. The number of halogens is 1. The molecule has 1 N–H and O–H groups in total. The highest BCUT2D eigenvalue weighted by Crippen LogP contribution is 2.51. The van der Waals surface area contributed by atoms with Gasteiger partial charge >= 0.3 is 0 Å². The second-order valence-electron chi connectivity index (χ2n) is 5.70. The van der Waals surface area contributed by atoms with Crippen molar-refractivity contribution in [3.63, 3.8) is 0 Å². The summed E-state index contributed by atoms with van der Waals surface area (Å²) in [7, 11) is 1.71. The summed E-state index contributed by atoms with van der Waals surface area (Å²) in [5.41, 5.74) is 3.17. The molecule has 4 heteroatoms. The van der Waals surface area contributed by atoms with Crippen LogP contribution in [-0.4, -0.2) is 18.3 Å². The summed E-state index contributed by atoms with van der Waals surface area (Å²) in [6, 6.07) is 3.97. The van der Waals surface area contributed by atoms with Crippen molar-refractivity contribution < 1.29 is 9.53 Å². The quantitative estimate of drug-likeness (QED) is 0.655. The van der Waals surface area contributed by atoms with Gasteiger partial charge in [0.15, 0.2) is 0 Å². The van der Waals surface area contributed by atoms with Crippen molar-refractivity contribution in [3.8, 4) is 5.75 Å². The largest absolute Gasteiger partial charge is 0.496 e. The summed E-state index contributed by atoms with van der Waals surface area (Å²) < 4.78 is 5.50. The molecule has 0 bridgehead atoms. The van der Waals surface area contributed by atoms with Crippen LogP contribution in [0.2, 0.25) is 0 Å². The van der Waals surface area contributed by atoms with Crippen LogP contribution in [0.4, 0.5) is 5.69 Å². The molecule has 20 heavy (non-hydrogen) atoms. The SMILES string of the molecule is COc1ccc2c3c1CCCC3(CCCCBr)C(=O)N2. The molecule has 2 aliphatic rings. The van der Waals surface area contributed by atoms with E-state index in [0.717, 1.165) is 55.3 Å². The van der Waals surface area contributed by atoms with Crippen molar-refractivity contribution in [2.24, 2.45) is 0 Å². The van der Waals surface area contributed by atoms with Gasteiger partial charge in [-0.3, -0.25) is 4.79 Å². The maximum Gasteiger partial charge on any atom is 0.235 e. The topological polar surface area (TPSA) is 38.3 Å². The monoisotopic (exact) mass is 337 g/mol. The Morgan fingerprint density at radius 1 is 1.40 bits per heavy atom.